The predicted octanol–water partition coefficient (Wildman–Crippen LogP) is 1.40. The van der Waals surface area contributed by atoms with Crippen molar-refractivity contribution >= 4 is 0 Å². The molecule has 2 heterocycles. The summed E-state index contributed by atoms with van der Waals surface area (Å²) >= 11 is 0. The molecule has 4 heteroatoms. The zero-order valence-corrected chi connectivity index (χ0v) is 12.8. The van der Waals surface area contributed by atoms with Crippen LogP contribution in [-0.2, 0) is 13.1 Å². The molecule has 2 saturated heterocycles. The number of nitrogens with zero attached hydrogens (tertiary/aromatic N) is 2. The molecule has 2 aliphatic rings. The number of aliphatic hydroxyl groups excluding tert-OH is 1. The predicted molar refractivity (Wildman–Crippen MR) is 84.9 cm³/mol. The molecule has 1 aromatic carbocycles. The Morgan fingerprint density at radius 1 is 1.05 bits per heavy atom. The summed E-state index contributed by atoms with van der Waals surface area (Å²) in [6.45, 7) is 6.58. The Kier molecular flexibility index (Phi) is 5.25. The van der Waals surface area contributed by atoms with E-state index in [1.54, 1.807) is 0 Å². The largest absolute Gasteiger partial charge is 0.395 e. The van der Waals surface area contributed by atoms with Gasteiger partial charge in [0.15, 0.2) is 0 Å². The van der Waals surface area contributed by atoms with Crippen LogP contribution in [0.25, 0.3) is 0 Å². The van der Waals surface area contributed by atoms with Crippen molar-refractivity contribution in [3.05, 3.63) is 35.4 Å². The first-order chi connectivity index (χ1) is 10.4. The SMILES string of the molecule is OCCNCc1ccc(CN2CCCN3CCCC32)cc1. The van der Waals surface area contributed by atoms with E-state index in [1.807, 2.05) is 0 Å². The van der Waals surface area contributed by atoms with Crippen molar-refractivity contribution in [3.63, 3.8) is 0 Å². The lowest BCUT2D eigenvalue weighted by Crippen LogP contribution is -2.49. The number of fused-ring (bicyclic) bond motifs is 1. The van der Waals surface area contributed by atoms with Crippen molar-refractivity contribution in [2.24, 2.45) is 0 Å². The van der Waals surface area contributed by atoms with Crippen molar-refractivity contribution in [1.29, 1.82) is 0 Å². The monoisotopic (exact) mass is 289 g/mol. The van der Waals surface area contributed by atoms with Gasteiger partial charge in [-0.25, -0.2) is 0 Å². The molecule has 2 N–H and O–H groups in total. The van der Waals surface area contributed by atoms with Crippen LogP contribution in [0.3, 0.4) is 0 Å². The van der Waals surface area contributed by atoms with Crippen LogP contribution < -0.4 is 5.32 Å². The Hall–Kier alpha value is -0.940. The maximum absolute atomic E-state index is 8.77. The molecule has 4 nitrogen and oxygen atoms in total. The van der Waals surface area contributed by atoms with Gasteiger partial charge in [0.1, 0.15) is 0 Å². The average Bonchev–Trinajstić information content (AvgIpc) is 2.99. The lowest BCUT2D eigenvalue weighted by molar-refractivity contribution is 0.0287. The third-order valence-corrected chi connectivity index (χ3v) is 4.67. The minimum atomic E-state index is 0.199. The van der Waals surface area contributed by atoms with Gasteiger partial charge >= 0.3 is 0 Å². The summed E-state index contributed by atoms with van der Waals surface area (Å²) in [7, 11) is 0. The van der Waals surface area contributed by atoms with Gasteiger partial charge in [-0.3, -0.25) is 9.80 Å². The second kappa shape index (κ2) is 7.36. The number of nitrogens with one attached hydrogen (secondary N) is 1. The van der Waals surface area contributed by atoms with E-state index in [2.05, 4.69) is 39.4 Å². The van der Waals surface area contributed by atoms with E-state index in [-0.39, 0.29) is 6.61 Å². The van der Waals surface area contributed by atoms with E-state index in [9.17, 15) is 0 Å². The second-order valence-corrected chi connectivity index (χ2v) is 6.20. The van der Waals surface area contributed by atoms with Gasteiger partial charge in [-0.2, -0.15) is 0 Å². The zero-order chi connectivity index (χ0) is 14.5. The van der Waals surface area contributed by atoms with Crippen LogP contribution >= 0.6 is 0 Å². The number of benzene rings is 1. The Bertz CT molecular complexity index is 434. The number of aliphatic hydroxyl groups is 1. The molecule has 0 radical (unpaired) electrons. The molecule has 1 aromatic rings. The van der Waals surface area contributed by atoms with E-state index in [0.29, 0.717) is 12.7 Å². The molecule has 2 aliphatic heterocycles. The molecule has 0 amide bonds. The highest BCUT2D eigenvalue weighted by molar-refractivity contribution is 5.22. The lowest BCUT2D eigenvalue weighted by atomic mass is 10.1. The Balaban J connectivity index is 1.54. The fourth-order valence-corrected chi connectivity index (χ4v) is 3.60. The summed E-state index contributed by atoms with van der Waals surface area (Å²) in [4.78, 5) is 5.30. The van der Waals surface area contributed by atoms with Crippen LogP contribution in [0.15, 0.2) is 24.3 Å². The summed E-state index contributed by atoms with van der Waals surface area (Å²) in [5, 5.41) is 12.0. The van der Waals surface area contributed by atoms with Gasteiger partial charge in [0, 0.05) is 32.7 Å². The molecule has 3 rings (SSSR count). The van der Waals surface area contributed by atoms with Gasteiger partial charge in [0.05, 0.1) is 12.8 Å². The molecule has 116 valence electrons. The summed E-state index contributed by atoms with van der Waals surface area (Å²) in [6, 6.07) is 8.92. The van der Waals surface area contributed by atoms with Crippen LogP contribution in [0, 0.1) is 0 Å². The third-order valence-electron chi connectivity index (χ3n) is 4.67. The first-order valence-electron chi connectivity index (χ1n) is 8.24. The van der Waals surface area contributed by atoms with Crippen LogP contribution in [-0.4, -0.2) is 53.9 Å². The molecular formula is C17H27N3O. The Labute approximate surface area is 127 Å². The van der Waals surface area contributed by atoms with Crippen molar-refractivity contribution in [2.45, 2.75) is 38.5 Å². The van der Waals surface area contributed by atoms with E-state index < -0.39 is 0 Å². The molecule has 1 unspecified atom stereocenters. The van der Waals surface area contributed by atoms with Gasteiger partial charge < -0.3 is 10.4 Å². The van der Waals surface area contributed by atoms with Crippen LogP contribution in [0.2, 0.25) is 0 Å². The first-order valence-corrected chi connectivity index (χ1v) is 8.24. The first kappa shape index (κ1) is 15.0. The molecule has 1 atom stereocenters. The fourth-order valence-electron chi connectivity index (χ4n) is 3.60. The molecule has 2 fully saturated rings. The molecule has 0 saturated carbocycles. The molecule has 0 aliphatic carbocycles. The smallest absolute Gasteiger partial charge is 0.0625 e. The molecule has 21 heavy (non-hydrogen) atoms. The van der Waals surface area contributed by atoms with E-state index in [0.717, 1.165) is 13.1 Å². The van der Waals surface area contributed by atoms with Crippen molar-refractivity contribution < 1.29 is 5.11 Å². The van der Waals surface area contributed by atoms with Crippen LogP contribution in [0.5, 0.6) is 0 Å². The minimum Gasteiger partial charge on any atom is -0.395 e. The second-order valence-electron chi connectivity index (χ2n) is 6.20. The van der Waals surface area contributed by atoms with Gasteiger partial charge in [0.2, 0.25) is 0 Å². The fraction of sp³-hybridized carbons (Fsp3) is 0.647. The van der Waals surface area contributed by atoms with Gasteiger partial charge in [0.25, 0.3) is 0 Å². The number of hydrogen-bond donors (Lipinski definition) is 2. The highest BCUT2D eigenvalue weighted by Gasteiger charge is 2.32. The third kappa shape index (κ3) is 3.83. The molecular weight excluding hydrogens is 262 g/mol. The van der Waals surface area contributed by atoms with Crippen LogP contribution in [0.4, 0.5) is 0 Å². The topological polar surface area (TPSA) is 38.7 Å². The lowest BCUT2D eigenvalue weighted by Gasteiger charge is -2.40. The Morgan fingerprint density at radius 3 is 2.62 bits per heavy atom. The number of rotatable bonds is 6. The average molecular weight is 289 g/mol. The zero-order valence-electron chi connectivity index (χ0n) is 12.8. The van der Waals surface area contributed by atoms with Gasteiger partial charge in [-0.05, 0) is 36.9 Å². The van der Waals surface area contributed by atoms with Gasteiger partial charge in [-0.15, -0.1) is 0 Å². The van der Waals surface area contributed by atoms with E-state index >= 15 is 0 Å². The highest BCUT2D eigenvalue weighted by atomic mass is 16.3. The van der Waals surface area contributed by atoms with E-state index in [4.69, 9.17) is 5.11 Å². The normalized spacial score (nSPS) is 23.4. The number of hydrogen-bond acceptors (Lipinski definition) is 4. The van der Waals surface area contributed by atoms with Crippen LogP contribution in [0.1, 0.15) is 30.4 Å². The maximum Gasteiger partial charge on any atom is 0.0625 e. The minimum absolute atomic E-state index is 0.199. The summed E-state index contributed by atoms with van der Waals surface area (Å²) in [5.41, 5.74) is 2.70. The van der Waals surface area contributed by atoms with Crippen molar-refractivity contribution in [1.82, 2.24) is 15.1 Å². The summed E-state index contributed by atoms with van der Waals surface area (Å²) in [5.74, 6) is 0. The standard InChI is InChI=1S/C17H27N3O/c21-12-8-18-13-15-4-6-16(7-5-15)14-20-11-2-10-19-9-1-3-17(19)20/h4-7,17-18,21H,1-3,8-14H2. The highest BCUT2D eigenvalue weighted by Crippen LogP contribution is 2.26. The summed E-state index contributed by atoms with van der Waals surface area (Å²) in [6.07, 6.45) is 4.68. The van der Waals surface area contributed by atoms with Crippen molar-refractivity contribution in [2.75, 3.05) is 32.8 Å². The maximum atomic E-state index is 8.77. The molecule has 0 bridgehead atoms. The van der Waals surface area contributed by atoms with Gasteiger partial charge in [-0.1, -0.05) is 24.3 Å². The quantitative estimate of drug-likeness (QED) is 0.777. The van der Waals surface area contributed by atoms with Crippen molar-refractivity contribution in [3.8, 4) is 0 Å². The summed E-state index contributed by atoms with van der Waals surface area (Å²) < 4.78 is 0. The molecule has 0 aromatic heterocycles. The Morgan fingerprint density at radius 2 is 1.81 bits per heavy atom. The molecule has 0 spiro atoms. The van der Waals surface area contributed by atoms with E-state index in [1.165, 1.54) is 50.0 Å².